The van der Waals surface area contributed by atoms with Crippen LogP contribution in [0.15, 0.2) is 34.8 Å². The number of carbonyl (C=O) groups is 3. The lowest BCUT2D eigenvalue weighted by Crippen LogP contribution is -2.68. The number of rotatable bonds is 13. The Labute approximate surface area is 226 Å². The van der Waals surface area contributed by atoms with Crippen LogP contribution in [0, 0.1) is 11.3 Å². The number of nitrogens with one attached hydrogen (secondary N) is 1. The van der Waals surface area contributed by atoms with Crippen LogP contribution in [-0.4, -0.2) is 70.4 Å². The molecule has 8 N–H and O–H groups in total. The van der Waals surface area contributed by atoms with Crippen LogP contribution in [0.2, 0.25) is 0 Å². The van der Waals surface area contributed by atoms with E-state index < -0.39 is 58.6 Å². The summed E-state index contributed by atoms with van der Waals surface area (Å²) in [5.41, 5.74) is 15.3. The summed E-state index contributed by atoms with van der Waals surface area (Å²) >= 11 is 0.995. The van der Waals surface area contributed by atoms with Gasteiger partial charge >= 0.3 is 10.4 Å². The summed E-state index contributed by atoms with van der Waals surface area (Å²) in [5, 5.41) is 13.1. The quantitative estimate of drug-likeness (QED) is 0.0662. The van der Waals surface area contributed by atoms with Crippen molar-refractivity contribution in [2.24, 2.45) is 22.5 Å². The van der Waals surface area contributed by atoms with Crippen LogP contribution < -0.4 is 21.9 Å². The van der Waals surface area contributed by atoms with E-state index in [0.29, 0.717) is 16.4 Å². The van der Waals surface area contributed by atoms with Crippen LogP contribution in [0.25, 0.3) is 0 Å². The van der Waals surface area contributed by atoms with Crippen molar-refractivity contribution in [3.8, 4) is 5.75 Å². The number of amidine groups is 1. The largest absolute Gasteiger partial charge is 0.489 e. The Morgan fingerprint density at radius 1 is 1.28 bits per heavy atom. The number of carbonyl (C=O) groups excluding carboxylic acids is 3. The van der Waals surface area contributed by atoms with Gasteiger partial charge in [-0.1, -0.05) is 5.16 Å². The van der Waals surface area contributed by atoms with Gasteiger partial charge < -0.3 is 26.8 Å². The number of hydrogen-bond donors (Lipinski definition) is 5. The van der Waals surface area contributed by atoms with E-state index >= 15 is 0 Å². The second-order valence-electron chi connectivity index (χ2n) is 8.72. The topological polar surface area (TPSA) is 264 Å². The maximum Gasteiger partial charge on any atom is 0.418 e. The minimum absolute atomic E-state index is 0.00193. The smallest absolute Gasteiger partial charge is 0.418 e. The van der Waals surface area contributed by atoms with Gasteiger partial charge in [0.15, 0.2) is 16.6 Å². The fourth-order valence-corrected chi connectivity index (χ4v) is 4.47. The van der Waals surface area contributed by atoms with E-state index in [1.807, 2.05) is 0 Å². The molecule has 1 unspecified atom stereocenters. The summed E-state index contributed by atoms with van der Waals surface area (Å²) in [7, 11) is -4.97. The molecule has 16 nitrogen and oxygen atoms in total. The van der Waals surface area contributed by atoms with Crippen LogP contribution in [0.4, 0.5) is 5.13 Å². The molecule has 0 saturated carbocycles. The molecular formula is C21H25N7O9S2. The summed E-state index contributed by atoms with van der Waals surface area (Å²) in [6.07, 6.45) is -1.92. The van der Waals surface area contributed by atoms with Crippen molar-refractivity contribution >= 4 is 56.0 Å². The predicted molar refractivity (Wildman–Crippen MR) is 137 cm³/mol. The first kappa shape index (κ1) is 29.4. The molecule has 3 rings (SSSR count). The summed E-state index contributed by atoms with van der Waals surface area (Å²) in [6, 6.07) is 6.09. The van der Waals surface area contributed by atoms with E-state index in [-0.39, 0.29) is 22.4 Å². The number of nitrogens with two attached hydrogens (primary N) is 3. The van der Waals surface area contributed by atoms with Gasteiger partial charge in [-0.05, 0) is 38.1 Å². The minimum Gasteiger partial charge on any atom is -0.489 e. The van der Waals surface area contributed by atoms with Gasteiger partial charge in [0, 0.05) is 17.4 Å². The molecular weight excluding hydrogens is 558 g/mol. The lowest BCUT2D eigenvalue weighted by molar-refractivity contribution is -0.228. The molecule has 0 aliphatic carbocycles. The Hall–Kier alpha value is -4.13. The maximum atomic E-state index is 13.2. The molecule has 1 fully saturated rings. The highest BCUT2D eigenvalue weighted by Crippen LogP contribution is 2.40. The molecule has 1 aromatic carbocycles. The Kier molecular flexibility index (Phi) is 8.54. The second-order valence-corrected chi connectivity index (χ2v) is 10.6. The van der Waals surface area contributed by atoms with E-state index in [2.05, 4.69) is 14.4 Å². The van der Waals surface area contributed by atoms with Crippen LogP contribution in [0.5, 0.6) is 5.75 Å². The molecule has 1 aliphatic heterocycles. The first-order valence-corrected chi connectivity index (χ1v) is 13.2. The zero-order valence-corrected chi connectivity index (χ0v) is 22.2. The van der Waals surface area contributed by atoms with E-state index in [4.69, 9.17) is 36.7 Å². The van der Waals surface area contributed by atoms with Crippen molar-refractivity contribution < 1.29 is 41.2 Å². The predicted octanol–water partition coefficient (Wildman–Crippen LogP) is -0.406. The lowest BCUT2D eigenvalue weighted by Gasteiger charge is -2.50. The van der Waals surface area contributed by atoms with Crippen LogP contribution in [0.1, 0.15) is 31.5 Å². The molecule has 1 aliphatic rings. The first-order valence-electron chi connectivity index (χ1n) is 11.0. The number of amides is 2. The van der Waals surface area contributed by atoms with Gasteiger partial charge in [-0.25, -0.2) is 4.98 Å². The fraction of sp³-hybridized carbons (Fsp3) is 0.333. The van der Waals surface area contributed by atoms with Crippen molar-refractivity contribution in [1.82, 2.24) is 10.0 Å². The number of thiazole rings is 1. The number of Topliss-reactive ketones (excluding diaryl/α,β-unsaturated/α-hetero) is 1. The van der Waals surface area contributed by atoms with Gasteiger partial charge in [0.05, 0.1) is 11.5 Å². The molecule has 2 heterocycles. The number of nitrogen functional groups attached to an aromatic ring is 2. The van der Waals surface area contributed by atoms with E-state index in [9.17, 15) is 22.8 Å². The number of ketones is 1. The van der Waals surface area contributed by atoms with Gasteiger partial charge in [-0.2, -0.15) is 13.5 Å². The second kappa shape index (κ2) is 11.3. The molecule has 2 aromatic rings. The zero-order chi connectivity index (χ0) is 29.1. The monoisotopic (exact) mass is 583 g/mol. The molecule has 39 heavy (non-hydrogen) atoms. The van der Waals surface area contributed by atoms with Crippen molar-refractivity contribution in [2.45, 2.75) is 31.9 Å². The number of hydroxylamine groups is 2. The Morgan fingerprint density at radius 3 is 2.41 bits per heavy atom. The third-order valence-corrected chi connectivity index (χ3v) is 6.63. The van der Waals surface area contributed by atoms with E-state index in [1.165, 1.54) is 43.5 Å². The molecule has 210 valence electrons. The highest BCUT2D eigenvalue weighted by molar-refractivity contribution is 7.80. The van der Waals surface area contributed by atoms with Crippen molar-refractivity contribution in [1.29, 1.82) is 5.41 Å². The van der Waals surface area contributed by atoms with Gasteiger partial charge in [0.25, 0.3) is 11.8 Å². The number of aromatic nitrogens is 1. The number of hydrogen-bond acceptors (Lipinski definition) is 13. The molecule has 2 amide bonds. The summed E-state index contributed by atoms with van der Waals surface area (Å²) in [6.45, 7) is 2.46. The number of ether oxygens (including phenoxy) is 1. The van der Waals surface area contributed by atoms with Crippen molar-refractivity contribution in [3.05, 3.63) is 40.9 Å². The number of β-lactam (4-membered cyclic amide) rings is 1. The summed E-state index contributed by atoms with van der Waals surface area (Å²) in [5.74, 6) is -3.46. The number of benzene rings is 1. The normalized spacial score (nSPS) is 17.7. The van der Waals surface area contributed by atoms with Gasteiger partial charge in [0.2, 0.25) is 6.10 Å². The molecule has 18 heteroatoms. The standard InChI is InChI=1S/C21H25N7O9S2/c1-21(2)12(19(31)28(21)37-39(32,33)34)7-14(29)16(13-9-38-20(25)26-13)27-36-15(18(24)30)8-35-11-5-3-10(4-6-11)17(22)23/h3-6,9,12,15H,7-8H2,1-2H3,(H3,22,23)(H2,24,30)(H2,25,26)(H,32,33,34)/b27-16-/t12-,15?/m1/s1. The average Bonchev–Trinajstić information content (AvgIpc) is 3.28. The first-order chi connectivity index (χ1) is 18.1. The number of oxime groups is 1. The van der Waals surface area contributed by atoms with Gasteiger partial charge in [-0.3, -0.25) is 24.3 Å². The molecule has 0 spiro atoms. The number of anilines is 1. The molecule has 2 atom stereocenters. The molecule has 1 aromatic heterocycles. The molecule has 0 bridgehead atoms. The zero-order valence-electron chi connectivity index (χ0n) is 20.6. The van der Waals surface area contributed by atoms with Crippen molar-refractivity contribution in [3.63, 3.8) is 0 Å². The third-order valence-electron chi connectivity index (χ3n) is 5.62. The van der Waals surface area contributed by atoms with Crippen LogP contribution >= 0.6 is 11.3 Å². The number of nitrogens with zero attached hydrogens (tertiary/aromatic N) is 3. The minimum atomic E-state index is -4.97. The Balaban J connectivity index is 1.76. The molecule has 1 saturated heterocycles. The van der Waals surface area contributed by atoms with E-state index in [1.54, 1.807) is 0 Å². The SMILES string of the molecule is CC1(C)[C@H](CC(=O)/C(=N\OC(COc2ccc(C(=N)N)cc2)C(N)=O)c2csc(N)n2)C(=O)N1OS(=O)(=O)O. The van der Waals surface area contributed by atoms with Crippen LogP contribution in [0.3, 0.4) is 0 Å². The van der Waals surface area contributed by atoms with Gasteiger partial charge in [-0.15, -0.1) is 15.6 Å². The van der Waals surface area contributed by atoms with Crippen LogP contribution in [-0.2, 0) is 33.9 Å². The highest BCUT2D eigenvalue weighted by atomic mass is 32.3. The van der Waals surface area contributed by atoms with E-state index in [0.717, 1.165) is 11.3 Å². The maximum absolute atomic E-state index is 13.2. The Morgan fingerprint density at radius 2 is 1.92 bits per heavy atom. The lowest BCUT2D eigenvalue weighted by atomic mass is 9.74. The Bertz CT molecular complexity index is 1420. The fourth-order valence-electron chi connectivity index (χ4n) is 3.47. The van der Waals surface area contributed by atoms with Gasteiger partial charge in [0.1, 0.15) is 23.9 Å². The summed E-state index contributed by atoms with van der Waals surface area (Å²) < 4.78 is 40.8. The summed E-state index contributed by atoms with van der Waals surface area (Å²) in [4.78, 5) is 46.8. The number of primary amides is 1. The molecule has 0 radical (unpaired) electrons. The average molecular weight is 584 g/mol. The van der Waals surface area contributed by atoms with Crippen molar-refractivity contribution in [2.75, 3.05) is 12.3 Å². The highest BCUT2D eigenvalue weighted by Gasteiger charge is 2.57. The third kappa shape index (κ3) is 7.05.